The number of amides is 1. The Bertz CT molecular complexity index is 1480. The first-order valence-electron chi connectivity index (χ1n) is 11.2. The number of phenols is 1. The van der Waals surface area contributed by atoms with Gasteiger partial charge < -0.3 is 19.3 Å². The molecular weight excluding hydrogens is 580 g/mol. The average Bonchev–Trinajstić information content (AvgIpc) is 3.59. The van der Waals surface area contributed by atoms with E-state index in [-0.39, 0.29) is 38.9 Å². The van der Waals surface area contributed by atoms with E-state index < -0.39 is 0 Å². The van der Waals surface area contributed by atoms with E-state index in [4.69, 9.17) is 60.6 Å². The standard InChI is InChI=1S/C25H19Cl4N3O4S/c1-35-20-9-14(21(28)22(29)23(20)33)25(34)32-6-4-12(5-7-32)24-30-18(11-37-24)19-10-17(31-36-19)13-2-3-15(26)16(27)8-13/h2-3,8-12,33H,4-7H2,1H3. The number of rotatable bonds is 5. The van der Waals surface area contributed by atoms with E-state index in [1.165, 1.54) is 13.2 Å². The number of hydrogen-bond acceptors (Lipinski definition) is 7. The molecule has 1 saturated heterocycles. The van der Waals surface area contributed by atoms with Gasteiger partial charge in [0.2, 0.25) is 0 Å². The Labute approximate surface area is 236 Å². The van der Waals surface area contributed by atoms with Crippen LogP contribution in [0, 0.1) is 0 Å². The van der Waals surface area contributed by atoms with Gasteiger partial charge in [-0.1, -0.05) is 57.6 Å². The van der Waals surface area contributed by atoms with E-state index in [9.17, 15) is 9.90 Å². The number of halogens is 4. The van der Waals surface area contributed by atoms with Crippen molar-refractivity contribution in [2.24, 2.45) is 0 Å². The highest BCUT2D eigenvalue weighted by molar-refractivity contribution is 7.10. The van der Waals surface area contributed by atoms with E-state index in [0.29, 0.717) is 40.3 Å². The summed E-state index contributed by atoms with van der Waals surface area (Å²) in [5.41, 5.74) is 2.33. The third-order valence-corrected chi connectivity index (χ3v) is 8.83. The fraction of sp³-hybridized carbons (Fsp3) is 0.240. The second-order valence-electron chi connectivity index (χ2n) is 8.45. The van der Waals surface area contributed by atoms with E-state index >= 15 is 0 Å². The zero-order valence-electron chi connectivity index (χ0n) is 19.3. The monoisotopic (exact) mass is 597 g/mol. The molecule has 2 aromatic carbocycles. The first kappa shape index (κ1) is 26.1. The Morgan fingerprint density at radius 1 is 1.08 bits per heavy atom. The molecule has 1 fully saturated rings. The number of thiazole rings is 1. The van der Waals surface area contributed by atoms with Gasteiger partial charge in [-0.15, -0.1) is 11.3 Å². The number of ether oxygens (including phenoxy) is 1. The van der Waals surface area contributed by atoms with Crippen LogP contribution < -0.4 is 4.74 Å². The molecule has 0 spiro atoms. The summed E-state index contributed by atoms with van der Waals surface area (Å²) in [6.07, 6.45) is 1.48. The summed E-state index contributed by atoms with van der Waals surface area (Å²) < 4.78 is 10.7. The van der Waals surface area contributed by atoms with Crippen LogP contribution in [0.15, 0.2) is 40.2 Å². The molecule has 0 aliphatic carbocycles. The van der Waals surface area contributed by atoms with Gasteiger partial charge in [0.1, 0.15) is 16.4 Å². The molecule has 1 N–H and O–H groups in total. The van der Waals surface area contributed by atoms with Crippen molar-refractivity contribution in [3.05, 3.63) is 66.4 Å². The normalized spacial score (nSPS) is 14.2. The zero-order chi connectivity index (χ0) is 26.3. The van der Waals surface area contributed by atoms with Gasteiger partial charge in [0.15, 0.2) is 17.3 Å². The summed E-state index contributed by atoms with van der Waals surface area (Å²) in [6.45, 7) is 1.05. The first-order valence-corrected chi connectivity index (χ1v) is 13.6. The van der Waals surface area contributed by atoms with Crippen molar-refractivity contribution in [3.8, 4) is 34.2 Å². The molecule has 4 aromatic rings. The van der Waals surface area contributed by atoms with Gasteiger partial charge in [0.05, 0.1) is 32.7 Å². The number of methoxy groups -OCH3 is 1. The summed E-state index contributed by atoms with van der Waals surface area (Å²) in [4.78, 5) is 19.6. The Balaban J connectivity index is 1.26. The van der Waals surface area contributed by atoms with Crippen molar-refractivity contribution in [3.63, 3.8) is 0 Å². The molecule has 37 heavy (non-hydrogen) atoms. The molecule has 5 rings (SSSR count). The third kappa shape index (κ3) is 5.13. The van der Waals surface area contributed by atoms with Crippen LogP contribution in [-0.4, -0.2) is 46.3 Å². The van der Waals surface area contributed by atoms with Crippen LogP contribution in [0.3, 0.4) is 0 Å². The minimum absolute atomic E-state index is 0.00366. The van der Waals surface area contributed by atoms with Crippen LogP contribution in [-0.2, 0) is 0 Å². The summed E-state index contributed by atoms with van der Waals surface area (Å²) in [5, 5.41) is 17.9. The van der Waals surface area contributed by atoms with Crippen LogP contribution >= 0.6 is 57.7 Å². The third-order valence-electron chi connectivity index (χ3n) is 6.23. The fourth-order valence-electron chi connectivity index (χ4n) is 4.18. The maximum atomic E-state index is 13.1. The maximum absolute atomic E-state index is 13.1. The van der Waals surface area contributed by atoms with Crippen LogP contribution in [0.25, 0.3) is 22.7 Å². The minimum atomic E-state index is -0.292. The average molecular weight is 599 g/mol. The van der Waals surface area contributed by atoms with Crippen LogP contribution in [0.1, 0.15) is 34.1 Å². The molecule has 1 aliphatic rings. The number of benzene rings is 2. The summed E-state index contributed by atoms with van der Waals surface area (Å²) in [5.74, 6) is 0.301. The van der Waals surface area contributed by atoms with Crippen LogP contribution in [0.4, 0.5) is 0 Å². The van der Waals surface area contributed by atoms with Crippen LogP contribution in [0.2, 0.25) is 20.1 Å². The molecule has 3 heterocycles. The van der Waals surface area contributed by atoms with Crippen molar-refractivity contribution < 1.29 is 19.2 Å². The van der Waals surface area contributed by atoms with Gasteiger partial charge in [-0.25, -0.2) is 4.98 Å². The molecule has 7 nitrogen and oxygen atoms in total. The molecule has 0 saturated carbocycles. The summed E-state index contributed by atoms with van der Waals surface area (Å²) in [6, 6.07) is 8.51. The zero-order valence-corrected chi connectivity index (χ0v) is 23.1. The first-order chi connectivity index (χ1) is 17.8. The van der Waals surface area contributed by atoms with Gasteiger partial charge in [-0.2, -0.15) is 0 Å². The lowest BCUT2D eigenvalue weighted by Crippen LogP contribution is -2.38. The summed E-state index contributed by atoms with van der Waals surface area (Å²) in [7, 11) is 1.38. The van der Waals surface area contributed by atoms with Gasteiger partial charge in [-0.3, -0.25) is 4.79 Å². The molecule has 0 radical (unpaired) electrons. The topological polar surface area (TPSA) is 88.7 Å². The number of carbonyl (C=O) groups excluding carboxylic acids is 1. The Hall–Kier alpha value is -2.49. The number of carbonyl (C=O) groups is 1. The van der Waals surface area contributed by atoms with Crippen molar-refractivity contribution in [1.29, 1.82) is 0 Å². The lowest BCUT2D eigenvalue weighted by Gasteiger charge is -2.31. The Morgan fingerprint density at radius 2 is 1.84 bits per heavy atom. The smallest absolute Gasteiger partial charge is 0.255 e. The highest BCUT2D eigenvalue weighted by Crippen LogP contribution is 2.42. The van der Waals surface area contributed by atoms with E-state index in [2.05, 4.69) is 5.16 Å². The fourth-order valence-corrected chi connectivity index (χ4v) is 5.88. The van der Waals surface area contributed by atoms with Gasteiger partial charge >= 0.3 is 0 Å². The Kier molecular flexibility index (Phi) is 7.56. The highest BCUT2D eigenvalue weighted by Gasteiger charge is 2.29. The molecule has 1 amide bonds. The van der Waals surface area contributed by atoms with Gasteiger partial charge in [-0.05, 0) is 31.0 Å². The summed E-state index contributed by atoms with van der Waals surface area (Å²) >= 11 is 26.0. The minimum Gasteiger partial charge on any atom is -0.503 e. The predicted octanol–water partition coefficient (Wildman–Crippen LogP) is 7.81. The molecule has 0 bridgehead atoms. The largest absolute Gasteiger partial charge is 0.503 e. The molecule has 192 valence electrons. The molecule has 1 aliphatic heterocycles. The van der Waals surface area contributed by atoms with Gasteiger partial charge in [0.25, 0.3) is 5.91 Å². The maximum Gasteiger partial charge on any atom is 0.255 e. The lowest BCUT2D eigenvalue weighted by molar-refractivity contribution is 0.0712. The second kappa shape index (κ2) is 10.7. The van der Waals surface area contributed by atoms with E-state index in [1.54, 1.807) is 28.4 Å². The molecule has 0 atom stereocenters. The number of aromatic nitrogens is 2. The molecule has 0 unspecified atom stereocenters. The lowest BCUT2D eigenvalue weighted by atomic mass is 9.97. The molecule has 2 aromatic heterocycles. The number of likely N-dealkylation sites (tertiary alicyclic amines) is 1. The molecular formula is C25H19Cl4N3O4S. The second-order valence-corrected chi connectivity index (χ2v) is 10.9. The van der Waals surface area contributed by atoms with E-state index in [1.807, 2.05) is 17.5 Å². The van der Waals surface area contributed by atoms with Crippen LogP contribution in [0.5, 0.6) is 11.5 Å². The van der Waals surface area contributed by atoms with Crippen molar-refractivity contribution in [1.82, 2.24) is 15.0 Å². The number of nitrogens with zero attached hydrogens (tertiary/aromatic N) is 3. The van der Waals surface area contributed by atoms with Crippen molar-refractivity contribution >= 4 is 63.6 Å². The number of aromatic hydroxyl groups is 1. The number of phenolic OH excluding ortho intramolecular Hbond substituents is 1. The van der Waals surface area contributed by atoms with E-state index in [0.717, 1.165) is 23.4 Å². The predicted molar refractivity (Wildman–Crippen MR) is 146 cm³/mol. The number of piperidine rings is 1. The van der Waals surface area contributed by atoms with Crippen molar-refractivity contribution in [2.75, 3.05) is 20.2 Å². The molecule has 12 heteroatoms. The quantitative estimate of drug-likeness (QED) is 0.252. The van der Waals surface area contributed by atoms with Crippen molar-refractivity contribution in [2.45, 2.75) is 18.8 Å². The van der Waals surface area contributed by atoms with Gasteiger partial charge in [0, 0.05) is 36.0 Å². The Morgan fingerprint density at radius 3 is 2.54 bits per heavy atom. The number of hydrogen-bond donors (Lipinski definition) is 1. The SMILES string of the molecule is COc1cc(C(=O)N2CCC(c3nc(-c4cc(-c5ccc(Cl)c(Cl)c5)no4)cs3)CC2)c(Cl)c(Cl)c1O. The highest BCUT2D eigenvalue weighted by atomic mass is 35.5.